The quantitative estimate of drug-likeness (QED) is 0.276. The lowest BCUT2D eigenvalue weighted by Crippen LogP contribution is -2.09. The molecule has 1 aliphatic heterocycles. The Balaban J connectivity index is 1.60. The molecule has 4 rings (SSSR count). The molecule has 0 radical (unpaired) electrons. The minimum absolute atomic E-state index is 0.0121. The van der Waals surface area contributed by atoms with Gasteiger partial charge in [-0.25, -0.2) is 14.6 Å². The molecule has 0 amide bonds. The molecule has 3 aromatic carbocycles. The Morgan fingerprint density at radius 1 is 0.943 bits per heavy atom. The van der Waals surface area contributed by atoms with Gasteiger partial charge in [-0.05, 0) is 54.6 Å². The first-order valence-electron chi connectivity index (χ1n) is 10.3. The number of halogens is 1. The summed E-state index contributed by atoms with van der Waals surface area (Å²) in [7, 11) is 1.42. The van der Waals surface area contributed by atoms with E-state index in [0.717, 1.165) is 0 Å². The van der Waals surface area contributed by atoms with Crippen molar-refractivity contribution in [3.05, 3.63) is 94.1 Å². The Labute approximate surface area is 205 Å². The van der Waals surface area contributed by atoms with E-state index in [0.29, 0.717) is 21.7 Å². The fourth-order valence-corrected chi connectivity index (χ4v) is 3.28. The summed E-state index contributed by atoms with van der Waals surface area (Å²) in [6.45, 7) is 1.28. The summed E-state index contributed by atoms with van der Waals surface area (Å²) in [5.41, 5.74) is 1.23. The topological polar surface area (TPSA) is 100 Å². The fraction of sp³-hybridized carbons (Fsp3) is 0.0769. The van der Waals surface area contributed by atoms with E-state index < -0.39 is 17.9 Å². The molecule has 9 heteroatoms. The van der Waals surface area contributed by atoms with E-state index in [1.807, 2.05) is 0 Å². The first kappa shape index (κ1) is 23.7. The minimum atomic E-state index is -0.679. The summed E-state index contributed by atoms with van der Waals surface area (Å²) >= 11 is 5.87. The number of carbonyl (C=O) groups is 3. The molecule has 0 atom stereocenters. The molecule has 0 saturated carbocycles. The van der Waals surface area contributed by atoms with E-state index in [2.05, 4.69) is 4.99 Å². The van der Waals surface area contributed by atoms with E-state index in [1.165, 1.54) is 32.2 Å². The van der Waals surface area contributed by atoms with Gasteiger partial charge in [-0.15, -0.1) is 0 Å². The number of esters is 3. The molecule has 3 aromatic rings. The van der Waals surface area contributed by atoms with Crippen LogP contribution in [0.5, 0.6) is 17.2 Å². The SMILES string of the molecule is COc1cc(C2=N/C(=C\c3ccccc3OC(=O)c3ccc(Cl)cc3)C(=O)O2)ccc1OC(C)=O. The third-order valence-electron chi connectivity index (χ3n) is 4.78. The number of methoxy groups -OCH3 is 1. The lowest BCUT2D eigenvalue weighted by atomic mass is 10.1. The molecule has 0 unspecified atom stereocenters. The summed E-state index contributed by atoms with van der Waals surface area (Å²) in [4.78, 5) is 40.5. The number of ether oxygens (including phenoxy) is 4. The molecule has 176 valence electrons. The van der Waals surface area contributed by atoms with E-state index >= 15 is 0 Å². The van der Waals surface area contributed by atoms with E-state index in [-0.39, 0.29) is 28.8 Å². The first-order valence-corrected chi connectivity index (χ1v) is 10.7. The highest BCUT2D eigenvalue weighted by molar-refractivity contribution is 6.30. The van der Waals surface area contributed by atoms with Gasteiger partial charge >= 0.3 is 17.9 Å². The van der Waals surface area contributed by atoms with Crippen LogP contribution in [0.1, 0.15) is 28.4 Å². The second kappa shape index (κ2) is 10.2. The van der Waals surface area contributed by atoms with Gasteiger partial charge in [0.2, 0.25) is 5.90 Å². The Morgan fingerprint density at radius 3 is 2.40 bits per heavy atom. The minimum Gasteiger partial charge on any atom is -0.493 e. The van der Waals surface area contributed by atoms with Crippen molar-refractivity contribution in [2.24, 2.45) is 4.99 Å². The lowest BCUT2D eigenvalue weighted by molar-refractivity contribution is -0.132. The monoisotopic (exact) mass is 491 g/mol. The highest BCUT2D eigenvalue weighted by Crippen LogP contribution is 2.31. The van der Waals surface area contributed by atoms with Crippen LogP contribution in [0.15, 0.2) is 77.4 Å². The number of benzene rings is 3. The van der Waals surface area contributed by atoms with Gasteiger partial charge in [0, 0.05) is 23.1 Å². The summed E-state index contributed by atoms with van der Waals surface area (Å²) in [5.74, 6) is -0.976. The highest BCUT2D eigenvalue weighted by Gasteiger charge is 2.26. The Bertz CT molecular complexity index is 1380. The number of hydrogen-bond acceptors (Lipinski definition) is 8. The predicted molar refractivity (Wildman–Crippen MR) is 128 cm³/mol. The highest BCUT2D eigenvalue weighted by atomic mass is 35.5. The number of nitrogens with zero attached hydrogens (tertiary/aromatic N) is 1. The van der Waals surface area contributed by atoms with Gasteiger partial charge in [0.1, 0.15) is 5.75 Å². The zero-order valence-corrected chi connectivity index (χ0v) is 19.4. The van der Waals surface area contributed by atoms with Crippen LogP contribution in [0, 0.1) is 0 Å². The molecular formula is C26H18ClNO7. The van der Waals surface area contributed by atoms with Crippen molar-refractivity contribution in [1.29, 1.82) is 0 Å². The number of hydrogen-bond donors (Lipinski definition) is 0. The molecule has 35 heavy (non-hydrogen) atoms. The smallest absolute Gasteiger partial charge is 0.363 e. The average Bonchev–Trinajstić information content (AvgIpc) is 3.20. The van der Waals surface area contributed by atoms with Crippen molar-refractivity contribution in [3.63, 3.8) is 0 Å². The number of cyclic esters (lactones) is 1. The number of aliphatic imine (C=N–C) groups is 1. The van der Waals surface area contributed by atoms with Crippen LogP contribution in [-0.4, -0.2) is 30.9 Å². The summed E-state index contributed by atoms with van der Waals surface area (Å²) in [6, 6.07) is 17.6. The molecule has 0 aromatic heterocycles. The van der Waals surface area contributed by atoms with Gasteiger partial charge in [-0.1, -0.05) is 29.8 Å². The maximum Gasteiger partial charge on any atom is 0.363 e. The summed E-state index contributed by atoms with van der Waals surface area (Å²) in [6.07, 6.45) is 1.46. The van der Waals surface area contributed by atoms with Gasteiger partial charge in [0.15, 0.2) is 17.2 Å². The molecule has 0 bridgehead atoms. The third kappa shape index (κ3) is 5.56. The van der Waals surface area contributed by atoms with E-state index in [1.54, 1.807) is 54.6 Å². The second-order valence-electron chi connectivity index (χ2n) is 7.23. The molecule has 1 aliphatic rings. The van der Waals surface area contributed by atoms with Crippen LogP contribution in [0.25, 0.3) is 6.08 Å². The first-order chi connectivity index (χ1) is 16.8. The van der Waals surface area contributed by atoms with Crippen molar-refractivity contribution in [2.75, 3.05) is 7.11 Å². The third-order valence-corrected chi connectivity index (χ3v) is 5.03. The van der Waals surface area contributed by atoms with Gasteiger partial charge < -0.3 is 18.9 Å². The standard InChI is InChI=1S/C26H18ClNO7/c1-15(29)33-22-12-9-18(14-23(22)32-2)24-28-20(26(31)35-24)13-17-5-3-4-6-21(17)34-25(30)16-7-10-19(27)11-8-16/h3-14H,1-2H3/b20-13-. The van der Waals surface area contributed by atoms with Crippen LogP contribution in [0.4, 0.5) is 0 Å². The maximum absolute atomic E-state index is 12.5. The van der Waals surface area contributed by atoms with Crippen molar-refractivity contribution in [1.82, 2.24) is 0 Å². The number of para-hydroxylation sites is 1. The second-order valence-corrected chi connectivity index (χ2v) is 7.67. The van der Waals surface area contributed by atoms with Gasteiger partial charge in [0.25, 0.3) is 0 Å². The van der Waals surface area contributed by atoms with Gasteiger partial charge in [-0.3, -0.25) is 4.79 Å². The molecule has 0 aliphatic carbocycles. The van der Waals surface area contributed by atoms with Gasteiger partial charge in [-0.2, -0.15) is 0 Å². The van der Waals surface area contributed by atoms with E-state index in [4.69, 9.17) is 30.5 Å². The molecule has 0 saturated heterocycles. The van der Waals surface area contributed by atoms with E-state index in [9.17, 15) is 14.4 Å². The maximum atomic E-state index is 12.5. The van der Waals surface area contributed by atoms with Crippen LogP contribution >= 0.6 is 11.6 Å². The molecule has 0 N–H and O–H groups in total. The molecule has 8 nitrogen and oxygen atoms in total. The van der Waals surface area contributed by atoms with Crippen LogP contribution in [0.2, 0.25) is 5.02 Å². The Hall–Kier alpha value is -4.43. The zero-order chi connectivity index (χ0) is 24.9. The number of carbonyl (C=O) groups excluding carboxylic acids is 3. The fourth-order valence-electron chi connectivity index (χ4n) is 3.16. The molecular weight excluding hydrogens is 474 g/mol. The largest absolute Gasteiger partial charge is 0.493 e. The van der Waals surface area contributed by atoms with Crippen LogP contribution in [0.3, 0.4) is 0 Å². The zero-order valence-electron chi connectivity index (χ0n) is 18.6. The van der Waals surface area contributed by atoms with Crippen LogP contribution in [-0.2, 0) is 14.3 Å². The molecule has 0 fully saturated rings. The summed E-state index contributed by atoms with van der Waals surface area (Å²) in [5, 5.41) is 0.499. The molecule has 1 heterocycles. The summed E-state index contributed by atoms with van der Waals surface area (Å²) < 4.78 is 21.2. The Kier molecular flexibility index (Phi) is 6.93. The lowest BCUT2D eigenvalue weighted by Gasteiger charge is -2.09. The molecule has 0 spiro atoms. The van der Waals surface area contributed by atoms with Crippen LogP contribution < -0.4 is 14.2 Å². The van der Waals surface area contributed by atoms with Gasteiger partial charge in [0.05, 0.1) is 12.7 Å². The predicted octanol–water partition coefficient (Wildman–Crippen LogP) is 4.84. The van der Waals surface area contributed by atoms with Crippen molar-refractivity contribution in [2.45, 2.75) is 6.92 Å². The average molecular weight is 492 g/mol. The Morgan fingerprint density at radius 2 is 1.69 bits per heavy atom. The number of rotatable bonds is 6. The normalized spacial score (nSPS) is 13.7. The van der Waals surface area contributed by atoms with Crippen molar-refractivity contribution >= 4 is 41.5 Å². The van der Waals surface area contributed by atoms with Crippen molar-refractivity contribution < 1.29 is 33.3 Å². The van der Waals surface area contributed by atoms with Crippen molar-refractivity contribution in [3.8, 4) is 17.2 Å².